The van der Waals surface area contributed by atoms with Crippen molar-refractivity contribution in [3.63, 3.8) is 0 Å². The van der Waals surface area contributed by atoms with Crippen LogP contribution in [0.3, 0.4) is 0 Å². The lowest BCUT2D eigenvalue weighted by Gasteiger charge is -2.24. The van der Waals surface area contributed by atoms with Gasteiger partial charge in [-0.15, -0.1) is 0 Å². The lowest BCUT2D eigenvalue weighted by atomic mass is 10.1. The molecule has 2 heterocycles. The Hall–Kier alpha value is -4.80. The fourth-order valence-electron chi connectivity index (χ4n) is 3.13. The van der Waals surface area contributed by atoms with Crippen LogP contribution in [-0.4, -0.2) is 95.1 Å². The Kier molecular flexibility index (Phi) is 10.2. The van der Waals surface area contributed by atoms with Gasteiger partial charge in [-0.1, -0.05) is 0 Å². The van der Waals surface area contributed by atoms with E-state index >= 15 is 0 Å². The molecule has 200 valence electrons. The molecule has 17 nitrogen and oxygen atoms in total. The maximum Gasteiger partial charge on any atom is 0.326 e. The maximum atomic E-state index is 12.9. The first-order valence-electron chi connectivity index (χ1n) is 10.7. The molecule has 0 radical (unpaired) electrons. The number of carbonyl (C=O) groups excluding carboxylic acids is 3. The fourth-order valence-corrected chi connectivity index (χ4v) is 3.13. The molecule has 0 bridgehead atoms. The van der Waals surface area contributed by atoms with Crippen LogP contribution in [0.15, 0.2) is 25.0 Å². The first-order valence-corrected chi connectivity index (χ1v) is 10.7. The number of amides is 3. The second-order valence-corrected chi connectivity index (χ2v) is 7.89. The van der Waals surface area contributed by atoms with Crippen molar-refractivity contribution >= 4 is 35.6 Å². The number of hydrogen-bond donors (Lipinski definition) is 9. The lowest BCUT2D eigenvalue weighted by Crippen LogP contribution is -2.58. The van der Waals surface area contributed by atoms with Crippen molar-refractivity contribution in [1.29, 1.82) is 0 Å². The molecule has 37 heavy (non-hydrogen) atoms. The molecule has 10 N–H and O–H groups in total. The molecule has 0 fully saturated rings. The second kappa shape index (κ2) is 13.3. The summed E-state index contributed by atoms with van der Waals surface area (Å²) >= 11 is 0. The van der Waals surface area contributed by atoms with Crippen molar-refractivity contribution in [3.8, 4) is 0 Å². The fraction of sp³-hybridized carbons (Fsp3) is 0.400. The molecule has 0 unspecified atom stereocenters. The van der Waals surface area contributed by atoms with Gasteiger partial charge in [0.25, 0.3) is 0 Å². The number of nitrogens with two attached hydrogens (primary N) is 1. The molecular formula is C20H26N8O9. The van der Waals surface area contributed by atoms with Crippen LogP contribution in [0.1, 0.15) is 24.2 Å². The summed E-state index contributed by atoms with van der Waals surface area (Å²) in [4.78, 5) is 84.9. The van der Waals surface area contributed by atoms with E-state index in [0.29, 0.717) is 11.4 Å². The summed E-state index contributed by atoms with van der Waals surface area (Å²) in [6, 6.07) is -6.11. The Labute approximate surface area is 208 Å². The zero-order valence-electron chi connectivity index (χ0n) is 19.2. The number of carbonyl (C=O) groups is 6. The van der Waals surface area contributed by atoms with E-state index in [1.165, 1.54) is 25.0 Å². The normalized spacial score (nSPS) is 14.0. The van der Waals surface area contributed by atoms with Crippen LogP contribution in [0.5, 0.6) is 0 Å². The topological polar surface area (TPSA) is 283 Å². The van der Waals surface area contributed by atoms with E-state index in [9.17, 15) is 39.0 Å². The molecule has 4 atom stereocenters. The Bertz CT molecular complexity index is 1100. The highest BCUT2D eigenvalue weighted by Crippen LogP contribution is 2.04. The predicted molar refractivity (Wildman–Crippen MR) is 120 cm³/mol. The molecule has 0 saturated carbocycles. The maximum absolute atomic E-state index is 12.9. The van der Waals surface area contributed by atoms with Crippen molar-refractivity contribution in [2.24, 2.45) is 5.73 Å². The number of aromatic amines is 2. The van der Waals surface area contributed by atoms with Crippen molar-refractivity contribution in [2.45, 2.75) is 49.9 Å². The first-order chi connectivity index (χ1) is 17.5. The zero-order valence-corrected chi connectivity index (χ0v) is 19.2. The van der Waals surface area contributed by atoms with Gasteiger partial charge in [0.15, 0.2) is 0 Å². The number of aliphatic carboxylic acids is 3. The van der Waals surface area contributed by atoms with Gasteiger partial charge in [0.2, 0.25) is 17.7 Å². The minimum Gasteiger partial charge on any atom is -0.481 e. The molecule has 0 spiro atoms. The van der Waals surface area contributed by atoms with Crippen LogP contribution in [0.2, 0.25) is 0 Å². The van der Waals surface area contributed by atoms with Crippen LogP contribution >= 0.6 is 0 Å². The Morgan fingerprint density at radius 2 is 1.19 bits per heavy atom. The van der Waals surface area contributed by atoms with Crippen molar-refractivity contribution in [3.05, 3.63) is 36.4 Å². The Morgan fingerprint density at radius 1 is 0.730 bits per heavy atom. The molecule has 0 aliphatic heterocycles. The monoisotopic (exact) mass is 522 g/mol. The minimum absolute atomic E-state index is 0.0122. The number of hydrogen-bond acceptors (Lipinski definition) is 9. The van der Waals surface area contributed by atoms with E-state index in [0.717, 1.165) is 0 Å². The summed E-state index contributed by atoms with van der Waals surface area (Å²) in [7, 11) is 0. The minimum atomic E-state index is -1.80. The smallest absolute Gasteiger partial charge is 0.326 e. The van der Waals surface area contributed by atoms with E-state index in [-0.39, 0.29) is 12.8 Å². The molecule has 2 aromatic heterocycles. The van der Waals surface area contributed by atoms with Gasteiger partial charge in [-0.3, -0.25) is 24.0 Å². The summed E-state index contributed by atoms with van der Waals surface area (Å²) in [5, 5.41) is 33.9. The predicted octanol–water partition coefficient (Wildman–Crippen LogP) is -3.27. The van der Waals surface area contributed by atoms with Gasteiger partial charge in [-0.2, -0.15) is 0 Å². The average molecular weight is 522 g/mol. The molecule has 2 aromatic rings. The zero-order chi connectivity index (χ0) is 27.5. The van der Waals surface area contributed by atoms with Gasteiger partial charge in [-0.05, 0) is 0 Å². The van der Waals surface area contributed by atoms with Gasteiger partial charge in [0.1, 0.15) is 18.1 Å². The van der Waals surface area contributed by atoms with Gasteiger partial charge < -0.3 is 47.0 Å². The molecule has 17 heteroatoms. The summed E-state index contributed by atoms with van der Waals surface area (Å²) in [6.45, 7) is 0. The summed E-state index contributed by atoms with van der Waals surface area (Å²) in [5.74, 6) is -7.54. The van der Waals surface area contributed by atoms with Crippen molar-refractivity contribution < 1.29 is 44.1 Å². The van der Waals surface area contributed by atoms with Gasteiger partial charge in [-0.25, -0.2) is 14.8 Å². The van der Waals surface area contributed by atoms with Gasteiger partial charge in [0.05, 0.1) is 31.5 Å². The van der Waals surface area contributed by atoms with E-state index in [2.05, 4.69) is 30.6 Å². The highest BCUT2D eigenvalue weighted by Gasteiger charge is 2.32. The number of rotatable bonds is 15. The van der Waals surface area contributed by atoms with Crippen LogP contribution in [0, 0.1) is 0 Å². The van der Waals surface area contributed by atoms with Crippen LogP contribution < -0.4 is 21.7 Å². The third-order valence-corrected chi connectivity index (χ3v) is 4.95. The van der Waals surface area contributed by atoms with E-state index in [4.69, 9.17) is 10.8 Å². The third kappa shape index (κ3) is 9.40. The molecule has 0 saturated heterocycles. The van der Waals surface area contributed by atoms with Crippen molar-refractivity contribution in [1.82, 2.24) is 35.9 Å². The standard InChI is InChI=1S/C20H26N8O9/c21-11(1-9-5-22-7-24-9)17(33)26-13(3-15(29)30)19(35)27-12(2-10-6-23-8-25-10)18(34)28-14(20(36)37)4-16(31)32/h5-8,11-14H,1-4,21H2,(H,22,24)(H,23,25)(H,26,33)(H,27,35)(H,28,34)(H,29,30)(H,31,32)(H,36,37)/t11-,12-,13-,14-/m0/s1. The second-order valence-electron chi connectivity index (χ2n) is 7.89. The Morgan fingerprint density at radius 3 is 1.68 bits per heavy atom. The number of imidazole rings is 2. The van der Waals surface area contributed by atoms with Crippen LogP contribution in [-0.2, 0) is 41.6 Å². The SMILES string of the molecule is N[C@@H](Cc1cnc[nH]1)C(=O)N[C@@H](CC(=O)O)C(=O)N[C@@H](Cc1cnc[nH]1)C(=O)N[C@@H](CC(=O)O)C(=O)O. The largest absolute Gasteiger partial charge is 0.481 e. The lowest BCUT2D eigenvalue weighted by molar-refractivity contribution is -0.147. The van der Waals surface area contributed by atoms with E-state index in [1.54, 1.807) is 0 Å². The average Bonchev–Trinajstić information content (AvgIpc) is 3.51. The number of H-pyrrole nitrogens is 2. The highest BCUT2D eigenvalue weighted by atomic mass is 16.4. The van der Waals surface area contributed by atoms with E-state index in [1.807, 2.05) is 5.32 Å². The van der Waals surface area contributed by atoms with Crippen LogP contribution in [0.4, 0.5) is 0 Å². The molecule has 3 amide bonds. The van der Waals surface area contributed by atoms with Gasteiger partial charge >= 0.3 is 17.9 Å². The molecule has 0 aliphatic carbocycles. The summed E-state index contributed by atoms with van der Waals surface area (Å²) in [6.07, 6.45) is 3.39. The number of carboxylic acid groups (broad SMARTS) is 3. The van der Waals surface area contributed by atoms with Crippen molar-refractivity contribution in [2.75, 3.05) is 0 Å². The molecule has 0 aromatic carbocycles. The Balaban J connectivity index is 2.17. The molecular weight excluding hydrogens is 496 g/mol. The summed E-state index contributed by atoms with van der Waals surface area (Å²) < 4.78 is 0. The van der Waals surface area contributed by atoms with Crippen LogP contribution in [0.25, 0.3) is 0 Å². The third-order valence-electron chi connectivity index (χ3n) is 4.95. The number of nitrogens with zero attached hydrogens (tertiary/aromatic N) is 2. The summed E-state index contributed by atoms with van der Waals surface area (Å²) in [5.41, 5.74) is 6.69. The number of carboxylic acids is 3. The number of nitrogens with one attached hydrogen (secondary N) is 5. The molecule has 2 rings (SSSR count). The molecule has 0 aliphatic rings. The quantitative estimate of drug-likeness (QED) is 0.111. The van der Waals surface area contributed by atoms with E-state index < -0.39 is 72.6 Å². The highest BCUT2D eigenvalue weighted by molar-refractivity contribution is 5.96. The van der Waals surface area contributed by atoms with Gasteiger partial charge in [0, 0.05) is 36.6 Å². The first kappa shape index (κ1) is 28.4. The number of aromatic nitrogens is 4.